The molecule has 0 fully saturated rings. The van der Waals surface area contributed by atoms with Crippen LogP contribution < -0.4 is 4.89 Å². The fourth-order valence-corrected chi connectivity index (χ4v) is 5.43. The van der Waals surface area contributed by atoms with Crippen molar-refractivity contribution in [2.75, 3.05) is 47.5 Å². The molecule has 6 heteroatoms. The largest absolute Gasteiger partial charge is 0.626 e. The molecular formula is C26H55NO4P+. The van der Waals surface area contributed by atoms with Gasteiger partial charge in [-0.1, -0.05) is 84.5 Å². The van der Waals surface area contributed by atoms with Gasteiger partial charge in [-0.2, -0.15) is 0 Å². The molecule has 0 spiro atoms. The number of nitrogens with zero attached hydrogens (tertiary/aromatic N) is 1. The lowest BCUT2D eigenvalue weighted by Crippen LogP contribution is -2.40. The van der Waals surface area contributed by atoms with E-state index < -0.39 is 13.6 Å². The fourth-order valence-electron chi connectivity index (χ4n) is 4.01. The summed E-state index contributed by atoms with van der Waals surface area (Å²) < 4.78 is 12.2. The van der Waals surface area contributed by atoms with Gasteiger partial charge in [0.1, 0.15) is 14.4 Å². The van der Waals surface area contributed by atoms with Gasteiger partial charge in [-0.15, -0.1) is 0 Å². The van der Waals surface area contributed by atoms with Gasteiger partial charge in [0.2, 0.25) is 5.85 Å². The Labute approximate surface area is 200 Å². The number of aliphatic hydroxyl groups excluding tert-OH is 1. The van der Waals surface area contributed by atoms with E-state index in [2.05, 4.69) is 13.8 Å². The van der Waals surface area contributed by atoms with Crippen LogP contribution in [0.4, 0.5) is 0 Å². The van der Waals surface area contributed by atoms with Crippen LogP contribution in [-0.4, -0.2) is 68.4 Å². The zero-order valence-corrected chi connectivity index (χ0v) is 23.1. The third-order valence-corrected chi connectivity index (χ3v) is 7.24. The summed E-state index contributed by atoms with van der Waals surface area (Å²) in [6.07, 6.45) is 17.1. The molecule has 192 valence electrons. The number of hydrogen-bond acceptors (Lipinski definition) is 3. The average Bonchev–Trinajstić information content (AvgIpc) is 2.72. The van der Waals surface area contributed by atoms with Crippen LogP contribution >= 0.6 is 7.77 Å². The van der Waals surface area contributed by atoms with Crippen molar-refractivity contribution < 1.29 is 24.0 Å². The first-order chi connectivity index (χ1) is 15.2. The molecule has 0 radical (unpaired) electrons. The minimum atomic E-state index is -1.98. The highest BCUT2D eigenvalue weighted by Gasteiger charge is 2.26. The third kappa shape index (κ3) is 18.4. The van der Waals surface area contributed by atoms with Crippen LogP contribution in [0, 0.1) is 5.92 Å². The Bertz CT molecular complexity index is 465. The first kappa shape index (κ1) is 32.0. The van der Waals surface area contributed by atoms with Gasteiger partial charge in [-0.25, -0.2) is 0 Å². The van der Waals surface area contributed by atoms with Gasteiger partial charge in [-0.05, 0) is 25.7 Å². The van der Waals surface area contributed by atoms with Gasteiger partial charge in [-0.3, -0.25) is 0 Å². The molecule has 0 aliphatic carbocycles. The van der Waals surface area contributed by atoms with E-state index in [1.54, 1.807) is 0 Å². The SMILES string of the molecule is CCCCCCCCCCCCC(CCC)COCC(OCC)/[P+]([O-])=C(\O)C[N+](C)(C)C. The molecule has 0 aromatic heterocycles. The maximum atomic E-state index is 12.7. The van der Waals surface area contributed by atoms with Gasteiger partial charge < -0.3 is 24.0 Å². The van der Waals surface area contributed by atoms with Crippen LogP contribution in [0.5, 0.6) is 0 Å². The van der Waals surface area contributed by atoms with Gasteiger partial charge in [0.15, 0.2) is 6.54 Å². The highest BCUT2D eigenvalue weighted by molar-refractivity contribution is 7.51. The Morgan fingerprint density at radius 3 is 1.88 bits per heavy atom. The van der Waals surface area contributed by atoms with Crippen molar-refractivity contribution >= 4 is 13.3 Å². The molecule has 0 saturated heterocycles. The van der Waals surface area contributed by atoms with Crippen LogP contribution in [0.25, 0.3) is 0 Å². The van der Waals surface area contributed by atoms with Gasteiger partial charge in [0.05, 0.1) is 21.1 Å². The zero-order chi connectivity index (χ0) is 24.2. The lowest BCUT2D eigenvalue weighted by Gasteiger charge is -2.23. The van der Waals surface area contributed by atoms with Crippen LogP contribution in [-0.2, 0) is 9.47 Å². The molecule has 3 unspecified atom stereocenters. The predicted molar refractivity (Wildman–Crippen MR) is 138 cm³/mol. The summed E-state index contributed by atoms with van der Waals surface area (Å²) in [6, 6.07) is 0. The molecule has 0 bridgehead atoms. The Morgan fingerprint density at radius 2 is 1.38 bits per heavy atom. The summed E-state index contributed by atoms with van der Waals surface area (Å²) in [5, 5.41) is 10.3. The van der Waals surface area contributed by atoms with Crippen molar-refractivity contribution in [2.24, 2.45) is 5.92 Å². The number of aliphatic hydroxyl groups is 1. The van der Waals surface area contributed by atoms with E-state index >= 15 is 0 Å². The lowest BCUT2D eigenvalue weighted by atomic mass is 9.96. The monoisotopic (exact) mass is 476 g/mol. The fraction of sp³-hybridized carbons (Fsp3) is 0.962. The maximum Gasteiger partial charge on any atom is 0.276 e. The summed E-state index contributed by atoms with van der Waals surface area (Å²) >= 11 is 0. The first-order valence-corrected chi connectivity index (χ1v) is 14.6. The number of likely N-dealkylation sites (N-methyl/N-ethyl adjacent to an activating group) is 1. The topological polar surface area (TPSA) is 61.8 Å². The van der Waals surface area contributed by atoms with E-state index in [4.69, 9.17) is 9.47 Å². The number of rotatable bonds is 22. The van der Waals surface area contributed by atoms with E-state index in [1.165, 1.54) is 77.0 Å². The summed E-state index contributed by atoms with van der Waals surface area (Å²) in [4.78, 5) is 12.7. The first-order valence-electron chi connectivity index (χ1n) is 13.3. The van der Waals surface area contributed by atoms with Gasteiger partial charge >= 0.3 is 0 Å². The highest BCUT2D eigenvalue weighted by atomic mass is 31.1. The molecule has 0 heterocycles. The molecule has 0 amide bonds. The van der Waals surface area contributed by atoms with Crippen molar-refractivity contribution in [3.05, 3.63) is 0 Å². The van der Waals surface area contributed by atoms with Crippen molar-refractivity contribution in [1.29, 1.82) is 0 Å². The molecule has 0 aromatic carbocycles. The molecular weight excluding hydrogens is 421 g/mol. The number of quaternary nitrogens is 1. The Hall–Kier alpha value is -0.0300. The normalized spacial score (nSPS) is 15.0. The van der Waals surface area contributed by atoms with Crippen molar-refractivity contribution in [3.63, 3.8) is 0 Å². The minimum absolute atomic E-state index is 0.0185. The van der Waals surface area contributed by atoms with Gasteiger partial charge in [0, 0.05) is 13.2 Å². The molecule has 0 aliphatic heterocycles. The second-order valence-corrected chi connectivity index (χ2v) is 12.0. The minimum Gasteiger partial charge on any atom is -0.626 e. The van der Waals surface area contributed by atoms with Crippen LogP contribution in [0.15, 0.2) is 0 Å². The van der Waals surface area contributed by atoms with Crippen LogP contribution in [0.3, 0.4) is 0 Å². The summed E-state index contributed by atoms with van der Waals surface area (Å²) in [6.45, 7) is 8.17. The third-order valence-electron chi connectivity index (χ3n) is 5.77. The molecule has 0 rings (SSSR count). The van der Waals surface area contributed by atoms with Crippen molar-refractivity contribution in [1.82, 2.24) is 0 Å². The van der Waals surface area contributed by atoms with E-state index in [-0.39, 0.29) is 12.1 Å². The van der Waals surface area contributed by atoms with E-state index in [0.717, 1.165) is 6.42 Å². The van der Waals surface area contributed by atoms with Crippen molar-refractivity contribution in [3.8, 4) is 0 Å². The Balaban J connectivity index is 4.25. The predicted octanol–water partition coefficient (Wildman–Crippen LogP) is 6.06. The average molecular weight is 477 g/mol. The van der Waals surface area contributed by atoms with E-state index in [1.807, 2.05) is 28.1 Å². The second-order valence-electron chi connectivity index (χ2n) is 10.3. The molecule has 0 saturated carbocycles. The van der Waals surface area contributed by atoms with E-state index in [9.17, 15) is 10.00 Å². The quantitative estimate of drug-likeness (QED) is 0.117. The lowest BCUT2D eigenvalue weighted by molar-refractivity contribution is -0.861. The standard InChI is InChI=1S/C26H54NO4P/c1-7-10-11-12-13-14-15-16-17-18-20-24(19-8-2)22-30-23-26(31-9-3)32(29)25(28)21-27(4,5)6/h24,26H,7-23H2,1-6H3/p+1. The van der Waals surface area contributed by atoms with Crippen LogP contribution in [0.1, 0.15) is 104 Å². The van der Waals surface area contributed by atoms with Crippen LogP contribution in [0.2, 0.25) is 0 Å². The maximum absolute atomic E-state index is 12.7. The highest BCUT2D eigenvalue weighted by Crippen LogP contribution is 2.25. The molecule has 1 N–H and O–H groups in total. The molecule has 3 atom stereocenters. The Kier molecular flexibility index (Phi) is 20.3. The molecule has 32 heavy (non-hydrogen) atoms. The summed E-state index contributed by atoms with van der Waals surface area (Å²) in [7, 11) is 3.92. The second kappa shape index (κ2) is 20.4. The number of ether oxygens (including phenoxy) is 2. The zero-order valence-electron chi connectivity index (χ0n) is 22.2. The number of hydrogen-bond donors (Lipinski definition) is 1. The summed E-state index contributed by atoms with van der Waals surface area (Å²) in [5.74, 6) is -0.0147. The van der Waals surface area contributed by atoms with Gasteiger partial charge in [0.25, 0.3) is 5.48 Å². The van der Waals surface area contributed by atoms with Crippen molar-refractivity contribution in [2.45, 2.75) is 110 Å². The summed E-state index contributed by atoms with van der Waals surface area (Å²) in [5.41, 5.74) is 0.0185. The molecule has 0 aliphatic rings. The molecule has 0 aromatic rings. The molecule has 5 nitrogen and oxygen atoms in total. The van der Waals surface area contributed by atoms with E-state index in [0.29, 0.717) is 30.2 Å². The Morgan fingerprint density at radius 1 is 0.812 bits per heavy atom. The number of unbranched alkanes of at least 4 members (excludes halogenated alkanes) is 9. The smallest absolute Gasteiger partial charge is 0.276 e.